The topological polar surface area (TPSA) is 75.7 Å². The molecule has 156 valence electrons. The fourth-order valence-electron chi connectivity index (χ4n) is 2.53. The third-order valence-corrected chi connectivity index (χ3v) is 5.97. The Labute approximate surface area is 172 Å². The van der Waals surface area contributed by atoms with Gasteiger partial charge in [-0.3, -0.25) is 9.10 Å². The first kappa shape index (κ1) is 21.3. The highest BCUT2D eigenvalue weighted by molar-refractivity contribution is 7.92. The van der Waals surface area contributed by atoms with Crippen LogP contribution in [0.4, 0.5) is 20.2 Å². The zero-order valence-corrected chi connectivity index (χ0v) is 16.7. The van der Waals surface area contributed by atoms with Crippen LogP contribution in [0.25, 0.3) is 0 Å². The van der Waals surface area contributed by atoms with Crippen molar-refractivity contribution in [3.8, 4) is 5.75 Å². The maximum atomic E-state index is 13.0. The molecule has 6 nitrogen and oxygen atoms in total. The molecule has 0 heterocycles. The van der Waals surface area contributed by atoms with Gasteiger partial charge in [-0.25, -0.2) is 17.2 Å². The first-order chi connectivity index (χ1) is 14.3. The largest absolute Gasteiger partial charge is 0.484 e. The summed E-state index contributed by atoms with van der Waals surface area (Å²) in [5.74, 6) is -1.00. The second kappa shape index (κ2) is 8.91. The molecule has 0 aromatic heterocycles. The average Bonchev–Trinajstić information content (AvgIpc) is 2.74. The molecule has 0 saturated heterocycles. The van der Waals surface area contributed by atoms with Crippen molar-refractivity contribution in [3.05, 3.63) is 84.4 Å². The first-order valence-corrected chi connectivity index (χ1v) is 10.2. The number of sulfonamides is 1. The maximum Gasteiger partial charge on any atom is 0.264 e. The molecule has 0 fully saturated rings. The molecule has 30 heavy (non-hydrogen) atoms. The first-order valence-electron chi connectivity index (χ1n) is 8.78. The Bertz CT molecular complexity index is 1120. The van der Waals surface area contributed by atoms with Gasteiger partial charge in [0.1, 0.15) is 17.4 Å². The van der Waals surface area contributed by atoms with Gasteiger partial charge in [0.25, 0.3) is 15.9 Å². The van der Waals surface area contributed by atoms with E-state index < -0.39 is 27.6 Å². The van der Waals surface area contributed by atoms with Crippen molar-refractivity contribution in [2.75, 3.05) is 23.3 Å². The summed E-state index contributed by atoms with van der Waals surface area (Å²) in [7, 11) is -2.47. The fourth-order valence-corrected chi connectivity index (χ4v) is 3.73. The lowest BCUT2D eigenvalue weighted by molar-refractivity contribution is -0.118. The summed E-state index contributed by atoms with van der Waals surface area (Å²) < 4.78 is 57.6. The van der Waals surface area contributed by atoms with E-state index in [4.69, 9.17) is 4.74 Å². The van der Waals surface area contributed by atoms with Gasteiger partial charge in [-0.1, -0.05) is 0 Å². The number of benzene rings is 3. The van der Waals surface area contributed by atoms with Crippen molar-refractivity contribution in [2.45, 2.75) is 4.90 Å². The number of hydrogen-bond acceptors (Lipinski definition) is 4. The molecule has 1 amide bonds. The van der Waals surface area contributed by atoms with Crippen LogP contribution in [0.15, 0.2) is 77.7 Å². The number of ether oxygens (including phenoxy) is 1. The van der Waals surface area contributed by atoms with Gasteiger partial charge >= 0.3 is 0 Å². The molecular formula is C21H18F2N2O4S. The highest BCUT2D eigenvalue weighted by Gasteiger charge is 2.21. The Hall–Kier alpha value is -3.46. The lowest BCUT2D eigenvalue weighted by Crippen LogP contribution is -2.26. The summed E-state index contributed by atoms with van der Waals surface area (Å²) in [4.78, 5) is 11.9. The van der Waals surface area contributed by atoms with Crippen molar-refractivity contribution in [3.63, 3.8) is 0 Å². The Kier molecular flexibility index (Phi) is 6.31. The van der Waals surface area contributed by atoms with Crippen molar-refractivity contribution in [1.82, 2.24) is 0 Å². The Morgan fingerprint density at radius 3 is 2.00 bits per heavy atom. The van der Waals surface area contributed by atoms with E-state index in [1.807, 2.05) is 0 Å². The number of rotatable bonds is 7. The van der Waals surface area contributed by atoms with E-state index in [0.717, 1.165) is 16.4 Å². The number of carbonyl (C=O) groups excluding carboxylic acids is 1. The van der Waals surface area contributed by atoms with Crippen LogP contribution in [0, 0.1) is 11.6 Å². The second-order valence-corrected chi connectivity index (χ2v) is 8.23. The third-order valence-electron chi connectivity index (χ3n) is 4.17. The number of amides is 1. The quantitative estimate of drug-likeness (QED) is 0.616. The van der Waals surface area contributed by atoms with Gasteiger partial charge in [0.15, 0.2) is 6.61 Å². The van der Waals surface area contributed by atoms with Crippen LogP contribution in [-0.2, 0) is 14.8 Å². The number of anilines is 2. The van der Waals surface area contributed by atoms with Gasteiger partial charge in [0.05, 0.1) is 10.6 Å². The van der Waals surface area contributed by atoms with Gasteiger partial charge in [-0.15, -0.1) is 0 Å². The van der Waals surface area contributed by atoms with Gasteiger partial charge in [-0.05, 0) is 72.8 Å². The summed E-state index contributed by atoms with van der Waals surface area (Å²) in [6.45, 7) is -0.277. The molecule has 0 saturated carbocycles. The standard InChI is InChI=1S/C21H18F2N2O4S/c1-25(30(27,28)20-12-4-16(23)5-13-20)18-8-10-19(11-9-18)29-14-21(26)24-17-6-2-15(22)3-7-17/h2-13H,14H2,1H3,(H,24,26). The SMILES string of the molecule is CN(c1ccc(OCC(=O)Nc2ccc(F)cc2)cc1)S(=O)(=O)c1ccc(F)cc1. The molecule has 0 aliphatic heterocycles. The molecular weight excluding hydrogens is 414 g/mol. The molecule has 0 radical (unpaired) electrons. The predicted molar refractivity (Wildman–Crippen MR) is 109 cm³/mol. The summed E-state index contributed by atoms with van der Waals surface area (Å²) in [5.41, 5.74) is 0.801. The van der Waals surface area contributed by atoms with Crippen LogP contribution >= 0.6 is 0 Å². The van der Waals surface area contributed by atoms with Gasteiger partial charge < -0.3 is 10.1 Å². The zero-order valence-electron chi connectivity index (χ0n) is 15.9. The summed E-state index contributed by atoms with van der Waals surface area (Å²) >= 11 is 0. The van der Waals surface area contributed by atoms with Crippen molar-refractivity contribution >= 4 is 27.3 Å². The normalized spacial score (nSPS) is 11.0. The minimum atomic E-state index is -3.85. The van der Waals surface area contributed by atoms with E-state index in [1.165, 1.54) is 67.7 Å². The minimum Gasteiger partial charge on any atom is -0.484 e. The van der Waals surface area contributed by atoms with E-state index >= 15 is 0 Å². The van der Waals surface area contributed by atoms with Crippen LogP contribution in [0.2, 0.25) is 0 Å². The molecule has 3 rings (SSSR count). The number of hydrogen-bond donors (Lipinski definition) is 1. The van der Waals surface area contributed by atoms with Crippen LogP contribution < -0.4 is 14.4 Å². The maximum absolute atomic E-state index is 13.0. The van der Waals surface area contributed by atoms with Crippen molar-refractivity contribution in [1.29, 1.82) is 0 Å². The van der Waals surface area contributed by atoms with Crippen molar-refractivity contribution < 1.29 is 26.7 Å². The molecule has 0 spiro atoms. The molecule has 0 bridgehead atoms. The van der Waals surface area contributed by atoms with E-state index in [2.05, 4.69) is 5.32 Å². The van der Waals surface area contributed by atoms with E-state index in [9.17, 15) is 22.0 Å². The number of nitrogens with zero attached hydrogens (tertiary/aromatic N) is 1. The van der Waals surface area contributed by atoms with Gasteiger partial charge in [0.2, 0.25) is 0 Å². The van der Waals surface area contributed by atoms with Gasteiger partial charge in [0, 0.05) is 12.7 Å². The second-order valence-electron chi connectivity index (χ2n) is 6.26. The fraction of sp³-hybridized carbons (Fsp3) is 0.0952. The molecule has 1 N–H and O–H groups in total. The number of carbonyl (C=O) groups is 1. The highest BCUT2D eigenvalue weighted by atomic mass is 32.2. The molecule has 0 aliphatic rings. The van der Waals surface area contributed by atoms with E-state index in [-0.39, 0.29) is 11.5 Å². The van der Waals surface area contributed by atoms with E-state index in [1.54, 1.807) is 0 Å². The monoisotopic (exact) mass is 432 g/mol. The lowest BCUT2D eigenvalue weighted by atomic mass is 10.3. The number of halogens is 2. The minimum absolute atomic E-state index is 0.0378. The lowest BCUT2D eigenvalue weighted by Gasteiger charge is -2.20. The molecule has 3 aromatic rings. The Morgan fingerprint density at radius 1 is 0.900 bits per heavy atom. The smallest absolute Gasteiger partial charge is 0.264 e. The molecule has 3 aromatic carbocycles. The Balaban J connectivity index is 1.60. The van der Waals surface area contributed by atoms with E-state index in [0.29, 0.717) is 17.1 Å². The van der Waals surface area contributed by atoms with Crippen LogP contribution in [0.1, 0.15) is 0 Å². The zero-order chi connectivity index (χ0) is 21.7. The van der Waals surface area contributed by atoms with Crippen LogP contribution in [0.5, 0.6) is 5.75 Å². The predicted octanol–water partition coefficient (Wildman–Crippen LogP) is 3.81. The molecule has 9 heteroatoms. The molecule has 0 atom stereocenters. The van der Waals surface area contributed by atoms with Crippen LogP contribution in [0.3, 0.4) is 0 Å². The van der Waals surface area contributed by atoms with Crippen LogP contribution in [-0.4, -0.2) is 28.0 Å². The Morgan fingerprint density at radius 2 is 1.43 bits per heavy atom. The van der Waals surface area contributed by atoms with Crippen molar-refractivity contribution in [2.24, 2.45) is 0 Å². The molecule has 0 unspecified atom stereocenters. The number of nitrogens with one attached hydrogen (secondary N) is 1. The molecule has 0 aliphatic carbocycles. The average molecular weight is 432 g/mol. The summed E-state index contributed by atoms with van der Waals surface area (Å²) in [6, 6.07) is 16.0. The third kappa shape index (κ3) is 5.12. The summed E-state index contributed by atoms with van der Waals surface area (Å²) in [6.07, 6.45) is 0. The summed E-state index contributed by atoms with van der Waals surface area (Å²) in [5, 5.41) is 2.57. The highest BCUT2D eigenvalue weighted by Crippen LogP contribution is 2.24. The van der Waals surface area contributed by atoms with Gasteiger partial charge in [-0.2, -0.15) is 0 Å².